The first kappa shape index (κ1) is 17.9. The quantitative estimate of drug-likeness (QED) is 0.678. The molecule has 0 bridgehead atoms. The number of carbonyl (C=O) groups excluding carboxylic acids is 1. The largest absolute Gasteiger partial charge is 0.343 e. The van der Waals surface area contributed by atoms with Gasteiger partial charge >= 0.3 is 0 Å². The molecule has 0 unspecified atom stereocenters. The highest BCUT2D eigenvalue weighted by molar-refractivity contribution is 5.95. The summed E-state index contributed by atoms with van der Waals surface area (Å²) in [6.07, 6.45) is 9.45. The molecule has 4 heteroatoms. The number of pyridine rings is 1. The minimum atomic E-state index is -0.355. The van der Waals surface area contributed by atoms with Crippen molar-refractivity contribution in [1.29, 1.82) is 0 Å². The van der Waals surface area contributed by atoms with Gasteiger partial charge in [0.15, 0.2) is 0 Å². The molecule has 28 heavy (non-hydrogen) atoms. The Bertz CT molecular complexity index is 1030. The Balaban J connectivity index is 1.54. The number of halogens is 1. The molecule has 1 aliphatic carbocycles. The average Bonchev–Trinajstić information content (AvgIpc) is 2.71. The third-order valence-corrected chi connectivity index (χ3v) is 5.33. The predicted molar refractivity (Wildman–Crippen MR) is 107 cm³/mol. The van der Waals surface area contributed by atoms with Gasteiger partial charge in [-0.25, -0.2) is 4.39 Å². The number of aromatic nitrogens is 1. The zero-order valence-corrected chi connectivity index (χ0v) is 15.3. The molecule has 0 saturated heterocycles. The predicted octanol–water partition coefficient (Wildman–Crippen LogP) is 4.68. The van der Waals surface area contributed by atoms with Gasteiger partial charge in [-0.1, -0.05) is 30.2 Å². The summed E-state index contributed by atoms with van der Waals surface area (Å²) in [5, 5.41) is 3.21. The number of amides is 1. The number of hydrogen-bond acceptors (Lipinski definition) is 2. The monoisotopic (exact) mass is 370 g/mol. The highest BCUT2D eigenvalue weighted by Gasteiger charge is 2.40. The van der Waals surface area contributed by atoms with Crippen LogP contribution in [0.25, 0.3) is 11.3 Å². The van der Waals surface area contributed by atoms with Crippen LogP contribution in [0.3, 0.4) is 0 Å². The standard InChI is InChI=1S/C24H19FN2O/c1-2-17-4-6-19(7-5-17)23(28)27-24(14-3-15-24)20-10-8-18(9-11-20)22-13-12-21(25)16-26-22/h1,4-13,16H,3,14-15H2,(H,27,28). The Hall–Kier alpha value is -3.45. The molecule has 1 amide bonds. The first-order valence-electron chi connectivity index (χ1n) is 9.21. The molecule has 1 heterocycles. The maximum atomic E-state index is 13.1. The SMILES string of the molecule is C#Cc1ccc(C(=O)NC2(c3ccc(-c4ccc(F)cn4)cc3)CCC2)cc1. The number of rotatable bonds is 4. The number of nitrogens with one attached hydrogen (secondary N) is 1. The van der Waals surface area contributed by atoms with Crippen LogP contribution in [0.1, 0.15) is 40.7 Å². The number of terminal acetylenes is 1. The van der Waals surface area contributed by atoms with Gasteiger partial charge in [-0.3, -0.25) is 9.78 Å². The van der Waals surface area contributed by atoms with Crippen LogP contribution in [0.5, 0.6) is 0 Å². The second kappa shape index (κ2) is 7.28. The van der Waals surface area contributed by atoms with E-state index in [0.29, 0.717) is 11.3 Å². The zero-order valence-electron chi connectivity index (χ0n) is 15.3. The molecule has 1 saturated carbocycles. The van der Waals surface area contributed by atoms with Crippen molar-refractivity contribution in [2.24, 2.45) is 0 Å². The van der Waals surface area contributed by atoms with Crippen LogP contribution >= 0.6 is 0 Å². The van der Waals surface area contributed by atoms with Crippen molar-refractivity contribution in [1.82, 2.24) is 10.3 Å². The van der Waals surface area contributed by atoms with E-state index in [4.69, 9.17) is 6.42 Å². The summed E-state index contributed by atoms with van der Waals surface area (Å²) in [5.41, 5.74) is 3.69. The molecular weight excluding hydrogens is 351 g/mol. The van der Waals surface area contributed by atoms with Crippen molar-refractivity contribution < 1.29 is 9.18 Å². The third-order valence-electron chi connectivity index (χ3n) is 5.33. The molecule has 0 atom stereocenters. The Labute approximate surface area is 163 Å². The number of carbonyl (C=O) groups is 1. The normalized spacial score (nSPS) is 14.6. The average molecular weight is 370 g/mol. The molecule has 1 aliphatic rings. The maximum absolute atomic E-state index is 13.1. The van der Waals surface area contributed by atoms with Crippen LogP contribution in [0.2, 0.25) is 0 Å². The first-order valence-corrected chi connectivity index (χ1v) is 9.21. The Morgan fingerprint density at radius 1 is 1.04 bits per heavy atom. The van der Waals surface area contributed by atoms with Crippen molar-refractivity contribution in [3.05, 3.63) is 89.4 Å². The number of benzene rings is 2. The molecule has 0 spiro atoms. The minimum absolute atomic E-state index is 0.104. The summed E-state index contributed by atoms with van der Waals surface area (Å²) in [5.74, 6) is 2.09. The summed E-state index contributed by atoms with van der Waals surface area (Å²) in [7, 11) is 0. The van der Waals surface area contributed by atoms with Crippen molar-refractivity contribution in [3.63, 3.8) is 0 Å². The van der Waals surface area contributed by atoms with E-state index >= 15 is 0 Å². The molecule has 1 fully saturated rings. The molecule has 2 aromatic carbocycles. The van der Waals surface area contributed by atoms with Gasteiger partial charge in [0, 0.05) is 16.7 Å². The maximum Gasteiger partial charge on any atom is 0.251 e. The number of hydrogen-bond donors (Lipinski definition) is 1. The van der Waals surface area contributed by atoms with Crippen molar-refractivity contribution >= 4 is 5.91 Å². The molecule has 1 aromatic heterocycles. The fourth-order valence-electron chi connectivity index (χ4n) is 3.53. The van der Waals surface area contributed by atoms with Gasteiger partial charge in [0.25, 0.3) is 5.91 Å². The van der Waals surface area contributed by atoms with E-state index in [2.05, 4.69) is 16.2 Å². The van der Waals surface area contributed by atoms with E-state index in [1.807, 2.05) is 24.3 Å². The molecular formula is C24H19FN2O. The van der Waals surface area contributed by atoms with E-state index < -0.39 is 0 Å². The van der Waals surface area contributed by atoms with Crippen LogP contribution in [0.4, 0.5) is 4.39 Å². The fraction of sp³-hybridized carbons (Fsp3) is 0.167. The van der Waals surface area contributed by atoms with Gasteiger partial charge < -0.3 is 5.32 Å². The molecule has 3 aromatic rings. The van der Waals surface area contributed by atoms with Crippen molar-refractivity contribution in [2.45, 2.75) is 24.8 Å². The van der Waals surface area contributed by atoms with Gasteiger partial charge in [-0.15, -0.1) is 6.42 Å². The molecule has 0 radical (unpaired) electrons. The van der Waals surface area contributed by atoms with Gasteiger partial charge in [0.1, 0.15) is 5.82 Å². The lowest BCUT2D eigenvalue weighted by atomic mass is 9.71. The van der Waals surface area contributed by atoms with Crippen LogP contribution in [-0.2, 0) is 5.54 Å². The molecule has 0 aliphatic heterocycles. The zero-order chi connectivity index (χ0) is 19.6. The van der Waals surface area contributed by atoms with E-state index in [1.54, 1.807) is 30.3 Å². The summed E-state index contributed by atoms with van der Waals surface area (Å²) in [4.78, 5) is 16.9. The van der Waals surface area contributed by atoms with Crippen molar-refractivity contribution in [3.8, 4) is 23.6 Å². The smallest absolute Gasteiger partial charge is 0.251 e. The van der Waals surface area contributed by atoms with Crippen LogP contribution < -0.4 is 5.32 Å². The van der Waals surface area contributed by atoms with Gasteiger partial charge in [0.05, 0.1) is 17.4 Å². The fourth-order valence-corrected chi connectivity index (χ4v) is 3.53. The van der Waals surface area contributed by atoms with Crippen molar-refractivity contribution in [2.75, 3.05) is 0 Å². The van der Waals surface area contributed by atoms with Crippen LogP contribution in [0.15, 0.2) is 66.9 Å². The summed E-state index contributed by atoms with van der Waals surface area (Å²) in [6, 6.07) is 18.1. The Kier molecular flexibility index (Phi) is 4.67. The topological polar surface area (TPSA) is 42.0 Å². The summed E-state index contributed by atoms with van der Waals surface area (Å²) < 4.78 is 13.1. The summed E-state index contributed by atoms with van der Waals surface area (Å²) >= 11 is 0. The van der Waals surface area contributed by atoms with Crippen LogP contribution in [0, 0.1) is 18.2 Å². The van der Waals surface area contributed by atoms with E-state index in [0.717, 1.165) is 36.0 Å². The third kappa shape index (κ3) is 3.39. The molecule has 138 valence electrons. The molecule has 4 rings (SSSR count). The van der Waals surface area contributed by atoms with E-state index in [-0.39, 0.29) is 17.3 Å². The summed E-state index contributed by atoms with van der Waals surface area (Å²) in [6.45, 7) is 0. The van der Waals surface area contributed by atoms with Crippen LogP contribution in [-0.4, -0.2) is 10.9 Å². The van der Waals surface area contributed by atoms with Gasteiger partial charge in [-0.05, 0) is 61.2 Å². The minimum Gasteiger partial charge on any atom is -0.343 e. The lowest BCUT2D eigenvalue weighted by Gasteiger charge is -2.43. The van der Waals surface area contributed by atoms with E-state index in [1.165, 1.54) is 12.3 Å². The van der Waals surface area contributed by atoms with E-state index in [9.17, 15) is 9.18 Å². The molecule has 3 nitrogen and oxygen atoms in total. The Morgan fingerprint density at radius 3 is 2.29 bits per heavy atom. The molecule has 1 N–H and O–H groups in total. The highest BCUT2D eigenvalue weighted by atomic mass is 19.1. The Morgan fingerprint density at radius 2 is 1.75 bits per heavy atom. The highest BCUT2D eigenvalue weighted by Crippen LogP contribution is 2.42. The second-order valence-electron chi connectivity index (χ2n) is 7.05. The van der Waals surface area contributed by atoms with Gasteiger partial charge in [0.2, 0.25) is 0 Å². The number of nitrogens with zero attached hydrogens (tertiary/aromatic N) is 1. The lowest BCUT2D eigenvalue weighted by Crippen LogP contribution is -2.50. The van der Waals surface area contributed by atoms with Gasteiger partial charge in [-0.2, -0.15) is 0 Å². The first-order chi connectivity index (χ1) is 13.6. The second-order valence-corrected chi connectivity index (χ2v) is 7.05. The lowest BCUT2D eigenvalue weighted by molar-refractivity contribution is 0.0823.